The molecule has 2 N–H and O–H groups in total. The van der Waals surface area contributed by atoms with Gasteiger partial charge in [-0.3, -0.25) is 4.21 Å². The molecule has 1 heterocycles. The number of hydrogen-bond donors (Lipinski definition) is 2. The Bertz CT molecular complexity index is 409. The molecule has 5 nitrogen and oxygen atoms in total. The van der Waals surface area contributed by atoms with Crippen molar-refractivity contribution in [3.05, 3.63) is 11.4 Å². The second-order valence-corrected chi connectivity index (χ2v) is 5.57. The van der Waals surface area contributed by atoms with E-state index in [9.17, 15) is 4.21 Å². The number of aromatic nitrogens is 2. The van der Waals surface area contributed by atoms with E-state index in [0.717, 1.165) is 23.0 Å². The monoisotopic (exact) mass is 256 g/mol. The lowest BCUT2D eigenvalue weighted by Gasteiger charge is -2.12. The van der Waals surface area contributed by atoms with Gasteiger partial charge in [0.25, 0.3) is 0 Å². The molecule has 6 heteroatoms. The van der Waals surface area contributed by atoms with E-state index in [2.05, 4.69) is 20.6 Å². The van der Waals surface area contributed by atoms with Crippen molar-refractivity contribution in [2.45, 2.75) is 20.8 Å². The molecule has 1 aromatic heterocycles. The molecule has 0 saturated heterocycles. The quantitative estimate of drug-likeness (QED) is 0.803. The summed E-state index contributed by atoms with van der Waals surface area (Å²) in [5.74, 6) is 3.71. The summed E-state index contributed by atoms with van der Waals surface area (Å²) >= 11 is 0. The molecule has 0 fully saturated rings. The Kier molecular flexibility index (Phi) is 5.34. The molecule has 0 aliphatic carbocycles. The first-order chi connectivity index (χ1) is 8.08. The third-order valence-electron chi connectivity index (χ3n) is 2.44. The first-order valence-corrected chi connectivity index (χ1v) is 7.19. The second-order valence-electron chi connectivity index (χ2n) is 3.70. The molecule has 0 saturated carbocycles. The Morgan fingerprint density at radius 3 is 2.47 bits per heavy atom. The predicted octanol–water partition coefficient (Wildman–Crippen LogP) is 1.32. The number of anilines is 2. The van der Waals surface area contributed by atoms with Gasteiger partial charge < -0.3 is 10.6 Å². The van der Waals surface area contributed by atoms with Crippen LogP contribution in [0.15, 0.2) is 0 Å². The maximum absolute atomic E-state index is 11.3. The minimum Gasteiger partial charge on any atom is -0.373 e. The number of hydrogen-bond acceptors (Lipinski definition) is 5. The SMILES string of the molecule is CCS(=O)CCNc1nc(C)nc(NC)c1C. The zero-order valence-electron chi connectivity index (χ0n) is 10.8. The largest absolute Gasteiger partial charge is 0.373 e. The van der Waals surface area contributed by atoms with E-state index in [1.165, 1.54) is 0 Å². The minimum atomic E-state index is -0.741. The molecule has 1 rings (SSSR count). The summed E-state index contributed by atoms with van der Waals surface area (Å²) in [5.41, 5.74) is 0.986. The summed E-state index contributed by atoms with van der Waals surface area (Å²) in [6.45, 7) is 6.41. The van der Waals surface area contributed by atoms with Crippen LogP contribution < -0.4 is 10.6 Å². The van der Waals surface area contributed by atoms with Gasteiger partial charge in [-0.15, -0.1) is 0 Å². The predicted molar refractivity (Wildman–Crippen MR) is 73.1 cm³/mol. The van der Waals surface area contributed by atoms with Crippen LogP contribution in [0.3, 0.4) is 0 Å². The van der Waals surface area contributed by atoms with Gasteiger partial charge in [-0.25, -0.2) is 9.97 Å². The van der Waals surface area contributed by atoms with E-state index in [4.69, 9.17) is 0 Å². The van der Waals surface area contributed by atoms with Crippen LogP contribution in [0.4, 0.5) is 11.6 Å². The number of aryl methyl sites for hydroxylation is 1. The Morgan fingerprint density at radius 2 is 1.88 bits per heavy atom. The van der Waals surface area contributed by atoms with Crippen LogP contribution in [0.2, 0.25) is 0 Å². The average molecular weight is 256 g/mol. The molecule has 0 radical (unpaired) electrons. The highest BCUT2D eigenvalue weighted by molar-refractivity contribution is 7.84. The summed E-state index contributed by atoms with van der Waals surface area (Å²) in [7, 11) is 1.10. The lowest BCUT2D eigenvalue weighted by molar-refractivity contribution is 0.684. The number of nitrogens with zero attached hydrogens (tertiary/aromatic N) is 2. The molecule has 17 heavy (non-hydrogen) atoms. The first-order valence-electron chi connectivity index (χ1n) is 5.70. The molecular formula is C11H20N4OS. The van der Waals surface area contributed by atoms with Crippen LogP contribution in [0.25, 0.3) is 0 Å². The van der Waals surface area contributed by atoms with E-state index in [-0.39, 0.29) is 0 Å². The van der Waals surface area contributed by atoms with Gasteiger partial charge >= 0.3 is 0 Å². The van der Waals surface area contributed by atoms with E-state index in [0.29, 0.717) is 18.1 Å². The third-order valence-corrected chi connectivity index (χ3v) is 3.74. The van der Waals surface area contributed by atoms with E-state index in [1.54, 1.807) is 0 Å². The molecule has 1 unspecified atom stereocenters. The van der Waals surface area contributed by atoms with Crippen LogP contribution in [-0.2, 0) is 10.8 Å². The molecule has 1 aromatic rings. The zero-order chi connectivity index (χ0) is 12.8. The van der Waals surface area contributed by atoms with Crippen LogP contribution in [0.5, 0.6) is 0 Å². The molecule has 0 spiro atoms. The van der Waals surface area contributed by atoms with Gasteiger partial charge in [0.15, 0.2) is 0 Å². The summed E-state index contributed by atoms with van der Waals surface area (Å²) in [4.78, 5) is 8.63. The first kappa shape index (κ1) is 13.9. The van der Waals surface area contributed by atoms with Crippen molar-refractivity contribution < 1.29 is 4.21 Å². The summed E-state index contributed by atoms with van der Waals surface area (Å²) in [5, 5.41) is 6.25. The van der Waals surface area contributed by atoms with E-state index < -0.39 is 10.8 Å². The fraction of sp³-hybridized carbons (Fsp3) is 0.636. The fourth-order valence-electron chi connectivity index (χ4n) is 1.47. The summed E-state index contributed by atoms with van der Waals surface area (Å²) < 4.78 is 11.3. The topological polar surface area (TPSA) is 66.9 Å². The third kappa shape index (κ3) is 3.96. The molecule has 1 atom stereocenters. The lowest BCUT2D eigenvalue weighted by Crippen LogP contribution is -2.15. The van der Waals surface area contributed by atoms with Crippen molar-refractivity contribution in [3.63, 3.8) is 0 Å². The number of rotatable bonds is 6. The minimum absolute atomic E-state index is 0.647. The lowest BCUT2D eigenvalue weighted by atomic mass is 10.3. The highest BCUT2D eigenvalue weighted by Crippen LogP contribution is 2.18. The molecule has 0 aliphatic heterocycles. The number of nitrogens with one attached hydrogen (secondary N) is 2. The smallest absolute Gasteiger partial charge is 0.134 e. The van der Waals surface area contributed by atoms with Gasteiger partial charge in [0, 0.05) is 41.5 Å². The van der Waals surface area contributed by atoms with Gasteiger partial charge in [-0.2, -0.15) is 0 Å². The fourth-order valence-corrected chi connectivity index (χ4v) is 2.09. The highest BCUT2D eigenvalue weighted by atomic mass is 32.2. The molecule has 0 amide bonds. The summed E-state index contributed by atoms with van der Waals surface area (Å²) in [6.07, 6.45) is 0. The van der Waals surface area contributed by atoms with Crippen LogP contribution in [0, 0.1) is 13.8 Å². The Balaban J connectivity index is 2.70. The van der Waals surface area contributed by atoms with Crippen molar-refractivity contribution >= 4 is 22.4 Å². The van der Waals surface area contributed by atoms with E-state index >= 15 is 0 Å². The van der Waals surface area contributed by atoms with Gasteiger partial charge in [0.05, 0.1) is 0 Å². The Hall–Kier alpha value is -1.17. The summed E-state index contributed by atoms with van der Waals surface area (Å²) in [6, 6.07) is 0. The molecule has 0 aromatic carbocycles. The Morgan fingerprint density at radius 1 is 1.24 bits per heavy atom. The molecular weight excluding hydrogens is 236 g/mol. The molecule has 0 bridgehead atoms. The highest BCUT2D eigenvalue weighted by Gasteiger charge is 2.07. The van der Waals surface area contributed by atoms with Crippen LogP contribution in [0.1, 0.15) is 18.3 Å². The standard InChI is InChI=1S/C11H20N4OS/c1-5-17(16)7-6-13-11-8(2)10(12-4)14-9(3)15-11/h5-7H2,1-4H3,(H2,12,13,14,15). The van der Waals surface area contributed by atoms with Crippen molar-refractivity contribution in [2.24, 2.45) is 0 Å². The molecule has 96 valence electrons. The van der Waals surface area contributed by atoms with Gasteiger partial charge in [0.1, 0.15) is 17.5 Å². The average Bonchev–Trinajstić information content (AvgIpc) is 2.32. The maximum Gasteiger partial charge on any atom is 0.134 e. The maximum atomic E-state index is 11.3. The zero-order valence-corrected chi connectivity index (χ0v) is 11.6. The van der Waals surface area contributed by atoms with Crippen molar-refractivity contribution in [1.82, 2.24) is 9.97 Å². The van der Waals surface area contributed by atoms with Crippen molar-refractivity contribution in [2.75, 3.05) is 35.7 Å². The second kappa shape index (κ2) is 6.54. The molecule has 0 aliphatic rings. The van der Waals surface area contributed by atoms with E-state index in [1.807, 2.05) is 27.8 Å². The normalized spacial score (nSPS) is 12.2. The van der Waals surface area contributed by atoms with Gasteiger partial charge in [-0.05, 0) is 13.8 Å². The van der Waals surface area contributed by atoms with Crippen molar-refractivity contribution in [1.29, 1.82) is 0 Å². The van der Waals surface area contributed by atoms with Gasteiger partial charge in [-0.1, -0.05) is 6.92 Å². The Labute approximate surface area is 105 Å². The van der Waals surface area contributed by atoms with Crippen molar-refractivity contribution in [3.8, 4) is 0 Å². The van der Waals surface area contributed by atoms with Crippen LogP contribution >= 0.6 is 0 Å². The van der Waals surface area contributed by atoms with Gasteiger partial charge in [0.2, 0.25) is 0 Å². The van der Waals surface area contributed by atoms with Crippen LogP contribution in [-0.4, -0.2) is 39.3 Å².